The number of phenolic OH excluding ortho intramolecular Hbond substituents is 1. The maximum atomic E-state index is 13.2. The number of carbonyl (C=O) groups excluding carboxylic acids is 2. The van der Waals surface area contributed by atoms with Gasteiger partial charge in [-0.25, -0.2) is 4.79 Å². The van der Waals surface area contributed by atoms with Crippen LogP contribution in [0.5, 0.6) is 5.75 Å². The van der Waals surface area contributed by atoms with Crippen molar-refractivity contribution in [2.75, 3.05) is 45.9 Å². The third kappa shape index (κ3) is 5.10. The van der Waals surface area contributed by atoms with Crippen molar-refractivity contribution in [1.29, 1.82) is 0 Å². The van der Waals surface area contributed by atoms with Crippen LogP contribution in [0.15, 0.2) is 59.0 Å². The Labute approximate surface area is 227 Å². The Kier molecular flexibility index (Phi) is 7.86. The third-order valence-corrected chi connectivity index (χ3v) is 7.33. The quantitative estimate of drug-likeness (QED) is 0.317. The molecule has 0 radical (unpaired) electrons. The summed E-state index contributed by atoms with van der Waals surface area (Å²) in [5.41, 5.74) is 2.50. The zero-order valence-corrected chi connectivity index (χ0v) is 22.6. The molecule has 2 heterocycles. The third-order valence-electron chi connectivity index (χ3n) is 7.33. The van der Waals surface area contributed by atoms with E-state index < -0.39 is 5.97 Å². The molecule has 1 aliphatic heterocycles. The summed E-state index contributed by atoms with van der Waals surface area (Å²) in [6.07, 6.45) is 0. The second kappa shape index (κ2) is 11.5. The normalized spacial score (nSPS) is 15.5. The fraction of sp³-hybridized carbons (Fsp3) is 0.355. The number of aromatic hydroxyl groups is 1. The minimum absolute atomic E-state index is 0.118. The summed E-state index contributed by atoms with van der Waals surface area (Å²) < 4.78 is 16.8. The van der Waals surface area contributed by atoms with Gasteiger partial charge in [0.15, 0.2) is 0 Å². The highest BCUT2D eigenvalue weighted by Gasteiger charge is 2.35. The van der Waals surface area contributed by atoms with Gasteiger partial charge in [0, 0.05) is 47.9 Å². The van der Waals surface area contributed by atoms with Gasteiger partial charge in [-0.15, -0.1) is 0 Å². The number of rotatable bonds is 8. The first-order valence-corrected chi connectivity index (χ1v) is 13.4. The van der Waals surface area contributed by atoms with Crippen molar-refractivity contribution >= 4 is 33.7 Å². The highest BCUT2D eigenvalue weighted by molar-refractivity contribution is 6.16. The summed E-state index contributed by atoms with van der Waals surface area (Å²) >= 11 is 0. The standard InChI is InChI=1S/C31H34N2O6/c1-4-37-24(34)19-32-15-17-33(18-16-32)28(21-11-7-6-8-12-21)27-26-25(31(36)38-5-2)20(3)39-30(26)23-14-10-9-13-22(23)29(27)35/h6-14,28,35H,4-5,15-19H2,1-3H3. The average molecular weight is 531 g/mol. The molecular weight excluding hydrogens is 496 g/mol. The Bertz CT molecular complexity index is 1490. The van der Waals surface area contributed by atoms with Gasteiger partial charge in [0.05, 0.1) is 25.8 Å². The van der Waals surface area contributed by atoms with Crippen molar-refractivity contribution in [2.24, 2.45) is 0 Å². The number of carbonyl (C=O) groups is 2. The van der Waals surface area contributed by atoms with Crippen molar-refractivity contribution < 1.29 is 28.6 Å². The van der Waals surface area contributed by atoms with Gasteiger partial charge in [-0.05, 0) is 26.3 Å². The monoisotopic (exact) mass is 530 g/mol. The highest BCUT2D eigenvalue weighted by Crippen LogP contribution is 2.47. The number of furan rings is 1. The maximum Gasteiger partial charge on any atom is 0.342 e. The number of fused-ring (bicyclic) bond motifs is 3. The number of ether oxygens (including phenoxy) is 2. The van der Waals surface area contributed by atoms with Crippen molar-refractivity contribution in [3.8, 4) is 5.75 Å². The zero-order chi connectivity index (χ0) is 27.5. The Morgan fingerprint density at radius 1 is 0.923 bits per heavy atom. The Morgan fingerprint density at radius 3 is 2.23 bits per heavy atom. The van der Waals surface area contributed by atoms with E-state index in [1.54, 1.807) is 20.8 Å². The smallest absolute Gasteiger partial charge is 0.342 e. The van der Waals surface area contributed by atoms with Crippen LogP contribution in [0.3, 0.4) is 0 Å². The molecule has 204 valence electrons. The maximum absolute atomic E-state index is 13.2. The number of phenols is 1. The number of hydrogen-bond donors (Lipinski definition) is 1. The van der Waals surface area contributed by atoms with E-state index in [1.807, 2.05) is 54.6 Å². The second-order valence-corrected chi connectivity index (χ2v) is 9.70. The number of nitrogens with zero attached hydrogens (tertiary/aromatic N) is 2. The largest absolute Gasteiger partial charge is 0.507 e. The lowest BCUT2D eigenvalue weighted by Gasteiger charge is -2.40. The number of aryl methyl sites for hydroxylation is 1. The predicted molar refractivity (Wildman–Crippen MR) is 149 cm³/mol. The van der Waals surface area contributed by atoms with Crippen molar-refractivity contribution in [2.45, 2.75) is 26.8 Å². The summed E-state index contributed by atoms with van der Waals surface area (Å²) in [7, 11) is 0. The van der Waals surface area contributed by atoms with Crippen molar-refractivity contribution in [3.63, 3.8) is 0 Å². The van der Waals surface area contributed by atoms with Gasteiger partial charge >= 0.3 is 11.9 Å². The van der Waals surface area contributed by atoms with E-state index in [0.717, 1.165) is 10.9 Å². The van der Waals surface area contributed by atoms with Gasteiger partial charge in [-0.3, -0.25) is 14.6 Å². The van der Waals surface area contributed by atoms with E-state index in [-0.39, 0.29) is 30.9 Å². The number of benzene rings is 3. The van der Waals surface area contributed by atoms with Crippen LogP contribution in [-0.4, -0.2) is 72.8 Å². The van der Waals surface area contributed by atoms with Gasteiger partial charge in [0.25, 0.3) is 0 Å². The van der Waals surface area contributed by atoms with Crippen LogP contribution < -0.4 is 0 Å². The van der Waals surface area contributed by atoms with Gasteiger partial charge < -0.3 is 19.0 Å². The van der Waals surface area contributed by atoms with Crippen LogP contribution in [0.2, 0.25) is 0 Å². The Hall–Kier alpha value is -3.88. The van der Waals surface area contributed by atoms with E-state index in [1.165, 1.54) is 0 Å². The molecule has 8 nitrogen and oxygen atoms in total. The molecule has 8 heteroatoms. The molecule has 1 fully saturated rings. The van der Waals surface area contributed by atoms with Crippen LogP contribution in [0.4, 0.5) is 0 Å². The summed E-state index contributed by atoms with van der Waals surface area (Å²) in [5, 5.41) is 13.9. The molecule has 0 amide bonds. The van der Waals surface area contributed by atoms with Gasteiger partial charge in [0.1, 0.15) is 22.7 Å². The molecule has 0 aliphatic carbocycles. The molecule has 0 bridgehead atoms. The summed E-state index contributed by atoms with van der Waals surface area (Å²) in [6, 6.07) is 17.1. The van der Waals surface area contributed by atoms with Crippen LogP contribution in [-0.2, 0) is 14.3 Å². The summed E-state index contributed by atoms with van der Waals surface area (Å²) in [5.74, 6) is -0.137. The van der Waals surface area contributed by atoms with E-state index >= 15 is 0 Å². The van der Waals surface area contributed by atoms with Crippen LogP contribution in [0.25, 0.3) is 21.7 Å². The predicted octanol–water partition coefficient (Wildman–Crippen LogP) is 5.05. The van der Waals surface area contributed by atoms with Crippen molar-refractivity contribution in [1.82, 2.24) is 9.80 Å². The molecule has 0 spiro atoms. The molecule has 1 atom stereocenters. The van der Waals surface area contributed by atoms with E-state index in [9.17, 15) is 14.7 Å². The second-order valence-electron chi connectivity index (χ2n) is 9.70. The highest BCUT2D eigenvalue weighted by atomic mass is 16.5. The number of esters is 2. The van der Waals surface area contributed by atoms with E-state index in [2.05, 4.69) is 9.80 Å². The fourth-order valence-corrected chi connectivity index (χ4v) is 5.62. The summed E-state index contributed by atoms with van der Waals surface area (Å²) in [6.45, 7) is 8.79. The van der Waals surface area contributed by atoms with Gasteiger partial charge in [-0.2, -0.15) is 0 Å². The molecule has 0 saturated carbocycles. The summed E-state index contributed by atoms with van der Waals surface area (Å²) in [4.78, 5) is 29.7. The molecule has 1 aromatic heterocycles. The number of hydrogen-bond acceptors (Lipinski definition) is 8. The zero-order valence-electron chi connectivity index (χ0n) is 22.6. The average Bonchev–Trinajstić information content (AvgIpc) is 3.29. The van der Waals surface area contributed by atoms with Crippen LogP contribution in [0.1, 0.15) is 47.1 Å². The molecule has 1 saturated heterocycles. The Balaban J connectivity index is 1.68. The van der Waals surface area contributed by atoms with Gasteiger partial charge in [-0.1, -0.05) is 54.6 Å². The molecule has 1 unspecified atom stereocenters. The molecule has 1 N–H and O–H groups in total. The lowest BCUT2D eigenvalue weighted by atomic mass is 9.88. The first kappa shape index (κ1) is 26.7. The lowest BCUT2D eigenvalue weighted by molar-refractivity contribution is -0.144. The molecule has 5 rings (SSSR count). The molecule has 3 aromatic carbocycles. The molecular formula is C31H34N2O6. The van der Waals surface area contributed by atoms with Crippen LogP contribution in [0, 0.1) is 6.92 Å². The first-order chi connectivity index (χ1) is 18.9. The minimum Gasteiger partial charge on any atom is -0.507 e. The van der Waals surface area contributed by atoms with E-state index in [0.29, 0.717) is 66.0 Å². The number of piperazine rings is 1. The molecule has 39 heavy (non-hydrogen) atoms. The van der Waals surface area contributed by atoms with Crippen molar-refractivity contribution in [3.05, 3.63) is 77.0 Å². The fourth-order valence-electron chi connectivity index (χ4n) is 5.62. The Morgan fingerprint density at radius 2 is 1.56 bits per heavy atom. The van der Waals surface area contributed by atoms with E-state index in [4.69, 9.17) is 13.9 Å². The molecule has 1 aliphatic rings. The SMILES string of the molecule is CCOC(=O)CN1CCN(C(c2ccccc2)c2c(O)c3ccccc3c3oc(C)c(C(=O)OCC)c23)CC1. The lowest BCUT2D eigenvalue weighted by Crippen LogP contribution is -2.49. The first-order valence-electron chi connectivity index (χ1n) is 13.4. The topological polar surface area (TPSA) is 92.5 Å². The molecule has 4 aromatic rings. The minimum atomic E-state index is -0.476. The van der Waals surface area contributed by atoms with Crippen LogP contribution >= 0.6 is 0 Å². The van der Waals surface area contributed by atoms with Gasteiger partial charge in [0.2, 0.25) is 0 Å².